The molecule has 0 aromatic heterocycles. The van der Waals surface area contributed by atoms with Gasteiger partial charge in [-0.2, -0.15) is 0 Å². The van der Waals surface area contributed by atoms with Gasteiger partial charge in [-0.25, -0.2) is 4.99 Å². The quantitative estimate of drug-likeness (QED) is 0.210. The van der Waals surface area contributed by atoms with E-state index in [9.17, 15) is 0 Å². The lowest BCUT2D eigenvalue weighted by Gasteiger charge is -2.16. The molecule has 0 unspecified atom stereocenters. The van der Waals surface area contributed by atoms with Crippen LogP contribution in [0.25, 0.3) is 0 Å². The molecule has 7 heteroatoms. The molecule has 0 amide bonds. The average Bonchev–Trinajstić information content (AvgIpc) is 2.62. The van der Waals surface area contributed by atoms with E-state index in [-0.39, 0.29) is 24.0 Å². The van der Waals surface area contributed by atoms with Crippen LogP contribution in [0.2, 0.25) is 0 Å². The van der Waals surface area contributed by atoms with Crippen molar-refractivity contribution in [3.63, 3.8) is 0 Å². The number of nitrogens with one attached hydrogen (secondary N) is 2. The third kappa shape index (κ3) is 11.3. The third-order valence-electron chi connectivity index (χ3n) is 3.50. The number of likely N-dealkylation sites (N-methyl/N-ethyl adjacent to an activating group) is 1. The second-order valence-corrected chi connectivity index (χ2v) is 5.66. The lowest BCUT2D eigenvalue weighted by molar-refractivity contribution is 0.150. The number of nitrogens with zero attached hydrogens (tertiary/aromatic N) is 2. The molecular weight excluding hydrogens is 443 g/mol. The molecule has 0 bridgehead atoms. The number of methoxy groups -OCH3 is 1. The van der Waals surface area contributed by atoms with Gasteiger partial charge in [0.2, 0.25) is 0 Å². The zero-order chi connectivity index (χ0) is 18.3. The standard InChI is InChI=1S/C19H32N4O2.HI/c1-5-10-21-19(20-6-2)22-16-17-8-7-9-18(15-17)25-14-12-23(3)11-13-24-4;/h5,7-9,15H,1,6,10-14,16H2,2-4H3,(H2,20,21,22);1H. The van der Waals surface area contributed by atoms with E-state index in [4.69, 9.17) is 9.47 Å². The van der Waals surface area contributed by atoms with Crippen molar-refractivity contribution in [1.29, 1.82) is 0 Å². The number of rotatable bonds is 12. The molecule has 0 aliphatic carbocycles. The van der Waals surface area contributed by atoms with E-state index in [2.05, 4.69) is 40.2 Å². The van der Waals surface area contributed by atoms with Crippen LogP contribution < -0.4 is 15.4 Å². The molecular formula is C19H33IN4O2. The zero-order valence-electron chi connectivity index (χ0n) is 16.2. The van der Waals surface area contributed by atoms with Crippen LogP contribution in [-0.4, -0.2) is 64.4 Å². The summed E-state index contributed by atoms with van der Waals surface area (Å²) in [5, 5.41) is 6.40. The maximum absolute atomic E-state index is 5.84. The second kappa shape index (κ2) is 15.9. The van der Waals surface area contributed by atoms with Gasteiger partial charge in [-0.3, -0.25) is 0 Å². The summed E-state index contributed by atoms with van der Waals surface area (Å²) in [6.45, 7) is 11.0. The van der Waals surface area contributed by atoms with Crippen LogP contribution in [0.4, 0.5) is 0 Å². The van der Waals surface area contributed by atoms with Crippen LogP contribution in [0.3, 0.4) is 0 Å². The molecule has 0 aliphatic heterocycles. The summed E-state index contributed by atoms with van der Waals surface area (Å²) in [4.78, 5) is 6.76. The molecule has 26 heavy (non-hydrogen) atoms. The maximum atomic E-state index is 5.84. The molecule has 1 rings (SSSR count). The Morgan fingerprint density at radius 3 is 2.73 bits per heavy atom. The normalized spacial score (nSPS) is 11.0. The van der Waals surface area contributed by atoms with E-state index in [1.807, 2.05) is 31.2 Å². The predicted octanol–water partition coefficient (Wildman–Crippen LogP) is 2.50. The summed E-state index contributed by atoms with van der Waals surface area (Å²) >= 11 is 0. The number of aliphatic imine (C=N–C) groups is 1. The van der Waals surface area contributed by atoms with Crippen molar-refractivity contribution < 1.29 is 9.47 Å². The molecule has 0 saturated carbocycles. The molecule has 0 spiro atoms. The van der Waals surface area contributed by atoms with Gasteiger partial charge in [0.1, 0.15) is 12.4 Å². The average molecular weight is 476 g/mol. The summed E-state index contributed by atoms with van der Waals surface area (Å²) in [5.41, 5.74) is 1.11. The van der Waals surface area contributed by atoms with E-state index in [0.29, 0.717) is 19.7 Å². The predicted molar refractivity (Wildman–Crippen MR) is 120 cm³/mol. The number of benzene rings is 1. The smallest absolute Gasteiger partial charge is 0.191 e. The zero-order valence-corrected chi connectivity index (χ0v) is 18.5. The Balaban J connectivity index is 0.00000625. The van der Waals surface area contributed by atoms with E-state index in [1.165, 1.54) is 0 Å². The Hall–Kier alpha value is -1.32. The van der Waals surface area contributed by atoms with Crippen molar-refractivity contribution in [1.82, 2.24) is 15.5 Å². The Labute approximate surface area is 175 Å². The third-order valence-corrected chi connectivity index (χ3v) is 3.50. The molecule has 6 nitrogen and oxygen atoms in total. The Morgan fingerprint density at radius 1 is 1.27 bits per heavy atom. The van der Waals surface area contributed by atoms with Gasteiger partial charge < -0.3 is 25.0 Å². The number of halogens is 1. The first-order chi connectivity index (χ1) is 12.2. The van der Waals surface area contributed by atoms with Gasteiger partial charge in [-0.15, -0.1) is 30.6 Å². The summed E-state index contributed by atoms with van der Waals surface area (Å²) in [7, 11) is 3.78. The summed E-state index contributed by atoms with van der Waals surface area (Å²) < 4.78 is 10.9. The molecule has 0 fully saturated rings. The molecule has 0 aliphatic rings. The van der Waals surface area contributed by atoms with Crippen molar-refractivity contribution in [3.05, 3.63) is 42.5 Å². The van der Waals surface area contributed by atoms with Gasteiger partial charge in [0, 0.05) is 33.3 Å². The molecule has 1 aromatic carbocycles. The fraction of sp³-hybridized carbons (Fsp3) is 0.526. The summed E-state index contributed by atoms with van der Waals surface area (Å²) in [6.07, 6.45) is 1.81. The number of ether oxygens (including phenoxy) is 2. The Kier molecular flexibility index (Phi) is 15.1. The molecule has 2 N–H and O–H groups in total. The van der Waals surface area contributed by atoms with Crippen molar-refractivity contribution in [3.8, 4) is 5.75 Å². The molecule has 0 atom stereocenters. The Morgan fingerprint density at radius 2 is 2.04 bits per heavy atom. The van der Waals surface area contributed by atoms with E-state index in [1.54, 1.807) is 7.11 Å². The van der Waals surface area contributed by atoms with Gasteiger partial charge in [0.05, 0.1) is 13.2 Å². The monoisotopic (exact) mass is 476 g/mol. The highest BCUT2D eigenvalue weighted by Crippen LogP contribution is 2.14. The van der Waals surface area contributed by atoms with E-state index < -0.39 is 0 Å². The minimum atomic E-state index is 0. The highest BCUT2D eigenvalue weighted by atomic mass is 127. The minimum absolute atomic E-state index is 0. The van der Waals surface area contributed by atoms with E-state index in [0.717, 1.165) is 43.5 Å². The van der Waals surface area contributed by atoms with Gasteiger partial charge in [-0.1, -0.05) is 18.2 Å². The lowest BCUT2D eigenvalue weighted by Crippen LogP contribution is -2.37. The van der Waals surface area contributed by atoms with Crippen molar-refractivity contribution in [2.75, 3.05) is 53.6 Å². The first kappa shape index (κ1) is 24.7. The van der Waals surface area contributed by atoms with Gasteiger partial charge in [0.15, 0.2) is 5.96 Å². The molecule has 0 saturated heterocycles. The Bertz CT molecular complexity index is 526. The van der Waals surface area contributed by atoms with Crippen LogP contribution in [0, 0.1) is 0 Å². The van der Waals surface area contributed by atoms with Crippen molar-refractivity contribution in [2.45, 2.75) is 13.5 Å². The van der Waals surface area contributed by atoms with Crippen molar-refractivity contribution >= 4 is 29.9 Å². The van der Waals surface area contributed by atoms with Gasteiger partial charge in [-0.05, 0) is 31.7 Å². The number of guanidine groups is 1. The molecule has 0 radical (unpaired) electrons. The van der Waals surface area contributed by atoms with Crippen LogP contribution in [0.1, 0.15) is 12.5 Å². The summed E-state index contributed by atoms with van der Waals surface area (Å²) in [5.74, 6) is 1.66. The largest absolute Gasteiger partial charge is 0.492 e. The van der Waals surface area contributed by atoms with Crippen LogP contribution in [0.5, 0.6) is 5.75 Å². The van der Waals surface area contributed by atoms with Crippen molar-refractivity contribution in [2.24, 2.45) is 4.99 Å². The van der Waals surface area contributed by atoms with Gasteiger partial charge in [0.25, 0.3) is 0 Å². The summed E-state index contributed by atoms with van der Waals surface area (Å²) in [6, 6.07) is 8.07. The first-order valence-electron chi connectivity index (χ1n) is 8.71. The number of hydrogen-bond acceptors (Lipinski definition) is 4. The molecule has 0 heterocycles. The van der Waals surface area contributed by atoms with Crippen LogP contribution in [0.15, 0.2) is 41.9 Å². The minimum Gasteiger partial charge on any atom is -0.492 e. The van der Waals surface area contributed by atoms with Crippen LogP contribution in [-0.2, 0) is 11.3 Å². The topological polar surface area (TPSA) is 58.1 Å². The SMILES string of the molecule is C=CCNC(=NCc1cccc(OCCN(C)CCOC)c1)NCC.I. The highest BCUT2D eigenvalue weighted by molar-refractivity contribution is 14.0. The maximum Gasteiger partial charge on any atom is 0.191 e. The number of hydrogen-bond donors (Lipinski definition) is 2. The first-order valence-corrected chi connectivity index (χ1v) is 8.71. The van der Waals surface area contributed by atoms with E-state index >= 15 is 0 Å². The second-order valence-electron chi connectivity index (χ2n) is 5.66. The van der Waals surface area contributed by atoms with Crippen LogP contribution >= 0.6 is 24.0 Å². The van der Waals surface area contributed by atoms with Gasteiger partial charge >= 0.3 is 0 Å². The fourth-order valence-electron chi connectivity index (χ4n) is 2.09. The fourth-order valence-corrected chi connectivity index (χ4v) is 2.09. The molecule has 1 aromatic rings. The lowest BCUT2D eigenvalue weighted by atomic mass is 10.2. The molecule has 148 valence electrons. The highest BCUT2D eigenvalue weighted by Gasteiger charge is 2.01.